The number of rotatable bonds is 7. The van der Waals surface area contributed by atoms with Gasteiger partial charge in [-0.1, -0.05) is 36.3 Å². The Hall–Kier alpha value is -3.70. The molecule has 0 aliphatic carbocycles. The maximum Gasteiger partial charge on any atom is 0.273 e. The summed E-state index contributed by atoms with van der Waals surface area (Å²) in [6.45, 7) is -0.0300. The van der Waals surface area contributed by atoms with Crippen molar-refractivity contribution in [2.75, 3.05) is 6.61 Å². The molecule has 0 fully saturated rings. The minimum absolute atomic E-state index is 0.0300. The van der Waals surface area contributed by atoms with E-state index in [1.165, 1.54) is 24.4 Å². The van der Waals surface area contributed by atoms with Crippen LogP contribution < -0.4 is 10.2 Å². The first-order valence-corrected chi connectivity index (χ1v) is 7.43. The highest BCUT2D eigenvalue weighted by Gasteiger charge is 2.16. The second-order valence-electron chi connectivity index (χ2n) is 5.02. The van der Waals surface area contributed by atoms with E-state index in [1.807, 2.05) is 0 Å². The van der Waals surface area contributed by atoms with Gasteiger partial charge in [0.05, 0.1) is 11.1 Å². The smallest absolute Gasteiger partial charge is 0.273 e. The molecular weight excluding hydrogens is 338 g/mol. The molecule has 8 heteroatoms. The number of aliphatic hydroxyl groups is 1. The number of carbonyl (C=O) groups is 1. The lowest BCUT2D eigenvalue weighted by Gasteiger charge is -2.09. The van der Waals surface area contributed by atoms with Gasteiger partial charge in [0.1, 0.15) is 12.4 Å². The summed E-state index contributed by atoms with van der Waals surface area (Å²) >= 11 is 0. The lowest BCUT2D eigenvalue weighted by atomic mass is 10.1. The van der Waals surface area contributed by atoms with Crippen LogP contribution in [0, 0.1) is 22.5 Å². The summed E-state index contributed by atoms with van der Waals surface area (Å²) < 4.78 is 5.28. The van der Waals surface area contributed by atoms with E-state index < -0.39 is 16.9 Å². The second kappa shape index (κ2) is 8.96. The molecule has 0 aliphatic rings. The predicted octanol–water partition coefficient (Wildman–Crippen LogP) is 1.79. The maximum atomic E-state index is 11.9. The second-order valence-corrected chi connectivity index (χ2v) is 5.02. The standard InChI is InChI=1S/C18H15N3O5/c1-2-10-26-16-9-8-15(21(24)25)11-14(16)12-19-20-18(23)17(22)13-6-4-3-5-7-13/h1,3-9,11-12,17,22H,10H2,(H,20,23)/b19-12-/t17-/m0/s1. The number of nitrogens with one attached hydrogen (secondary N) is 1. The number of nitrogens with zero attached hydrogens (tertiary/aromatic N) is 2. The lowest BCUT2D eigenvalue weighted by Crippen LogP contribution is -2.25. The third-order valence-corrected chi connectivity index (χ3v) is 3.26. The first-order valence-electron chi connectivity index (χ1n) is 7.43. The fourth-order valence-corrected chi connectivity index (χ4v) is 2.01. The molecule has 1 atom stereocenters. The summed E-state index contributed by atoms with van der Waals surface area (Å²) in [6, 6.07) is 12.2. The molecule has 1 amide bonds. The van der Waals surface area contributed by atoms with Gasteiger partial charge in [-0.15, -0.1) is 6.42 Å². The monoisotopic (exact) mass is 353 g/mol. The van der Waals surface area contributed by atoms with Crippen LogP contribution in [0.5, 0.6) is 5.75 Å². The van der Waals surface area contributed by atoms with Crippen molar-refractivity contribution in [1.82, 2.24) is 5.43 Å². The molecule has 2 N–H and O–H groups in total. The highest BCUT2D eigenvalue weighted by molar-refractivity contribution is 5.87. The molecule has 0 spiro atoms. The van der Waals surface area contributed by atoms with Crippen molar-refractivity contribution in [2.45, 2.75) is 6.10 Å². The van der Waals surface area contributed by atoms with E-state index >= 15 is 0 Å². The molecule has 2 rings (SSSR count). The fourth-order valence-electron chi connectivity index (χ4n) is 2.01. The molecule has 0 aromatic heterocycles. The number of benzene rings is 2. The zero-order chi connectivity index (χ0) is 18.9. The minimum atomic E-state index is -1.39. The van der Waals surface area contributed by atoms with E-state index in [4.69, 9.17) is 11.2 Å². The number of amides is 1. The maximum absolute atomic E-state index is 11.9. The van der Waals surface area contributed by atoms with E-state index in [1.54, 1.807) is 30.3 Å². The number of hydrazone groups is 1. The van der Waals surface area contributed by atoms with Crippen LogP contribution >= 0.6 is 0 Å². The third-order valence-electron chi connectivity index (χ3n) is 3.26. The van der Waals surface area contributed by atoms with Gasteiger partial charge >= 0.3 is 0 Å². The Morgan fingerprint density at radius 2 is 2.12 bits per heavy atom. The van der Waals surface area contributed by atoms with Crippen molar-refractivity contribution in [3.05, 3.63) is 69.8 Å². The molecule has 8 nitrogen and oxygen atoms in total. The summed E-state index contributed by atoms with van der Waals surface area (Å²) in [5.41, 5.74) is 2.67. The Morgan fingerprint density at radius 1 is 1.38 bits per heavy atom. The van der Waals surface area contributed by atoms with Crippen LogP contribution in [-0.4, -0.2) is 28.8 Å². The zero-order valence-corrected chi connectivity index (χ0v) is 13.5. The summed E-state index contributed by atoms with van der Waals surface area (Å²) in [4.78, 5) is 22.2. The number of non-ortho nitro benzene ring substituents is 1. The van der Waals surface area contributed by atoms with Gasteiger partial charge in [-0.3, -0.25) is 14.9 Å². The number of aliphatic hydroxyl groups excluding tert-OH is 1. The van der Waals surface area contributed by atoms with Crippen molar-refractivity contribution in [1.29, 1.82) is 0 Å². The topological polar surface area (TPSA) is 114 Å². The Balaban J connectivity index is 2.13. The van der Waals surface area contributed by atoms with Crippen LogP contribution in [0.2, 0.25) is 0 Å². The molecule has 0 heterocycles. The number of carbonyl (C=O) groups excluding carboxylic acids is 1. The highest BCUT2D eigenvalue weighted by atomic mass is 16.6. The van der Waals surface area contributed by atoms with Gasteiger partial charge < -0.3 is 9.84 Å². The van der Waals surface area contributed by atoms with Gasteiger partial charge in [0.25, 0.3) is 11.6 Å². The highest BCUT2D eigenvalue weighted by Crippen LogP contribution is 2.22. The van der Waals surface area contributed by atoms with E-state index in [9.17, 15) is 20.0 Å². The number of terminal acetylenes is 1. The summed E-state index contributed by atoms with van der Waals surface area (Å²) in [5, 5.41) is 24.6. The molecule has 0 unspecified atom stereocenters. The van der Waals surface area contributed by atoms with Gasteiger partial charge in [0.15, 0.2) is 6.10 Å². The van der Waals surface area contributed by atoms with Crippen LogP contribution in [0.4, 0.5) is 5.69 Å². The average Bonchev–Trinajstić information content (AvgIpc) is 2.66. The van der Waals surface area contributed by atoms with Gasteiger partial charge in [-0.25, -0.2) is 5.43 Å². The third kappa shape index (κ3) is 4.90. The first-order chi connectivity index (χ1) is 12.5. The molecule has 2 aromatic rings. The van der Waals surface area contributed by atoms with Crippen LogP contribution in [0.25, 0.3) is 0 Å². The fraction of sp³-hybridized carbons (Fsp3) is 0.111. The molecule has 0 aliphatic heterocycles. The van der Waals surface area contributed by atoms with Crippen LogP contribution in [0.15, 0.2) is 53.6 Å². The van der Waals surface area contributed by atoms with Crippen molar-refractivity contribution < 1.29 is 19.6 Å². The van der Waals surface area contributed by atoms with E-state index in [0.29, 0.717) is 5.56 Å². The number of nitro groups is 1. The van der Waals surface area contributed by atoms with E-state index in [0.717, 1.165) is 0 Å². The van der Waals surface area contributed by atoms with Crippen LogP contribution in [-0.2, 0) is 4.79 Å². The van der Waals surface area contributed by atoms with Crippen molar-refractivity contribution in [3.63, 3.8) is 0 Å². The first kappa shape index (κ1) is 18.6. The summed E-state index contributed by atoms with van der Waals surface area (Å²) in [6.07, 6.45) is 4.91. The van der Waals surface area contributed by atoms with Crippen molar-refractivity contribution in [2.24, 2.45) is 5.10 Å². The minimum Gasteiger partial charge on any atom is -0.480 e. The molecule has 132 valence electrons. The summed E-state index contributed by atoms with van der Waals surface area (Å²) in [5.74, 6) is 1.81. The van der Waals surface area contributed by atoms with Crippen molar-refractivity contribution >= 4 is 17.8 Å². The molecule has 0 bridgehead atoms. The summed E-state index contributed by atoms with van der Waals surface area (Å²) in [7, 11) is 0. The number of hydrogen-bond acceptors (Lipinski definition) is 6. The Bertz CT molecular complexity index is 859. The molecule has 26 heavy (non-hydrogen) atoms. The number of ether oxygens (including phenoxy) is 1. The Morgan fingerprint density at radius 3 is 2.77 bits per heavy atom. The van der Waals surface area contributed by atoms with Gasteiger partial charge in [-0.05, 0) is 11.6 Å². The van der Waals surface area contributed by atoms with E-state index in [2.05, 4.69) is 16.4 Å². The van der Waals surface area contributed by atoms with Gasteiger partial charge in [-0.2, -0.15) is 5.10 Å². The average molecular weight is 353 g/mol. The Kier molecular flexibility index (Phi) is 6.42. The normalized spacial score (nSPS) is 11.5. The molecule has 2 aromatic carbocycles. The number of nitro benzene ring substituents is 1. The SMILES string of the molecule is C#CCOc1ccc([N+](=O)[O-])cc1/C=N\NC(=O)[C@@H](O)c1ccccc1. The predicted molar refractivity (Wildman–Crippen MR) is 94.6 cm³/mol. The molecule has 0 saturated carbocycles. The largest absolute Gasteiger partial charge is 0.480 e. The zero-order valence-electron chi connectivity index (χ0n) is 13.5. The van der Waals surface area contributed by atoms with Gasteiger partial charge in [0.2, 0.25) is 0 Å². The van der Waals surface area contributed by atoms with E-state index in [-0.39, 0.29) is 23.6 Å². The lowest BCUT2D eigenvalue weighted by molar-refractivity contribution is -0.384. The molecular formula is C18H15N3O5. The molecule has 0 saturated heterocycles. The molecule has 0 radical (unpaired) electrons. The van der Waals surface area contributed by atoms with Crippen molar-refractivity contribution in [3.8, 4) is 18.1 Å². The van der Waals surface area contributed by atoms with Crippen LogP contribution in [0.1, 0.15) is 17.2 Å². The van der Waals surface area contributed by atoms with Gasteiger partial charge in [0, 0.05) is 17.7 Å². The van der Waals surface area contributed by atoms with Crippen LogP contribution in [0.3, 0.4) is 0 Å². The quantitative estimate of drug-likeness (QED) is 0.341. The Labute approximate surface area is 149 Å². The number of hydrogen-bond donors (Lipinski definition) is 2.